The molecule has 120 valence electrons. The van der Waals surface area contributed by atoms with E-state index < -0.39 is 12.0 Å². The molecule has 0 spiro atoms. The summed E-state index contributed by atoms with van der Waals surface area (Å²) in [6.07, 6.45) is 0.861. The van der Waals surface area contributed by atoms with Gasteiger partial charge in [0.05, 0.1) is 18.6 Å². The number of amides is 2. The Morgan fingerprint density at radius 3 is 2.77 bits per heavy atom. The van der Waals surface area contributed by atoms with Gasteiger partial charge in [0.15, 0.2) is 0 Å². The molecule has 2 amide bonds. The lowest BCUT2D eigenvalue weighted by Gasteiger charge is -2.17. The predicted molar refractivity (Wildman–Crippen MR) is 82.6 cm³/mol. The molecule has 2 rings (SSSR count). The number of thiophene rings is 1. The van der Waals surface area contributed by atoms with E-state index >= 15 is 0 Å². The molecule has 1 aliphatic heterocycles. The lowest BCUT2D eigenvalue weighted by Crippen LogP contribution is -2.41. The second kappa shape index (κ2) is 6.89. The van der Waals surface area contributed by atoms with E-state index in [1.165, 1.54) is 16.3 Å². The average molecular weight is 325 g/mol. The van der Waals surface area contributed by atoms with Gasteiger partial charge < -0.3 is 10.1 Å². The Morgan fingerprint density at radius 2 is 2.23 bits per heavy atom. The van der Waals surface area contributed by atoms with Gasteiger partial charge in [0.1, 0.15) is 11.0 Å². The van der Waals surface area contributed by atoms with Gasteiger partial charge in [-0.15, -0.1) is 11.3 Å². The van der Waals surface area contributed by atoms with E-state index in [4.69, 9.17) is 4.74 Å². The first-order chi connectivity index (χ1) is 10.5. The Labute approximate surface area is 132 Å². The van der Waals surface area contributed by atoms with Crippen molar-refractivity contribution in [2.75, 3.05) is 19.0 Å². The van der Waals surface area contributed by atoms with E-state index in [-0.39, 0.29) is 24.8 Å². The Morgan fingerprint density at radius 1 is 1.50 bits per heavy atom. The fraction of sp³-hybridized carbons (Fsp3) is 0.500. The monoisotopic (exact) mass is 325 g/mol. The maximum atomic E-state index is 12.3. The molecule has 1 aromatic heterocycles. The van der Waals surface area contributed by atoms with E-state index in [9.17, 15) is 14.4 Å². The van der Waals surface area contributed by atoms with Crippen molar-refractivity contribution in [1.82, 2.24) is 10.4 Å². The van der Waals surface area contributed by atoms with Crippen molar-refractivity contribution >= 4 is 34.1 Å². The van der Waals surface area contributed by atoms with Crippen LogP contribution in [-0.2, 0) is 20.7 Å². The normalized spacial score (nSPS) is 18.1. The number of likely N-dealkylation sites (N-methyl/N-ethyl adjacent to an activating group) is 1. The van der Waals surface area contributed by atoms with Crippen LogP contribution in [0, 0.1) is 0 Å². The molecule has 1 aromatic rings. The summed E-state index contributed by atoms with van der Waals surface area (Å²) in [5.74, 6) is -0.979. The summed E-state index contributed by atoms with van der Waals surface area (Å²) < 4.78 is 5.01. The fourth-order valence-electron chi connectivity index (χ4n) is 2.17. The van der Waals surface area contributed by atoms with Gasteiger partial charge in [-0.1, -0.05) is 6.92 Å². The fourth-order valence-corrected chi connectivity index (χ4v) is 3.15. The lowest BCUT2D eigenvalue weighted by atomic mass is 10.2. The number of nitrogens with one attached hydrogen (secondary N) is 2. The van der Waals surface area contributed by atoms with E-state index in [1.54, 1.807) is 20.0 Å². The van der Waals surface area contributed by atoms with Gasteiger partial charge in [-0.05, 0) is 19.4 Å². The first-order valence-electron chi connectivity index (χ1n) is 7.09. The largest absolute Gasteiger partial charge is 0.462 e. The first kappa shape index (κ1) is 16.4. The van der Waals surface area contributed by atoms with Crippen molar-refractivity contribution in [2.24, 2.45) is 0 Å². The van der Waals surface area contributed by atoms with Crippen LogP contribution in [0.15, 0.2) is 6.07 Å². The molecule has 1 aliphatic rings. The molecule has 0 aliphatic carbocycles. The second-order valence-corrected chi connectivity index (χ2v) is 6.02. The van der Waals surface area contributed by atoms with Crippen molar-refractivity contribution in [3.8, 4) is 0 Å². The number of carbonyl (C=O) groups is 3. The average Bonchev–Trinajstić information content (AvgIpc) is 3.02. The molecule has 0 saturated carbocycles. The van der Waals surface area contributed by atoms with Crippen LogP contribution in [0.1, 0.15) is 35.5 Å². The molecule has 7 nitrogen and oxygen atoms in total. The summed E-state index contributed by atoms with van der Waals surface area (Å²) in [7, 11) is 1.63. The van der Waals surface area contributed by atoms with Crippen LogP contribution in [0.3, 0.4) is 0 Å². The molecule has 0 aromatic carbocycles. The number of nitrogens with zero attached hydrogens (tertiary/aromatic N) is 1. The van der Waals surface area contributed by atoms with Gasteiger partial charge >= 0.3 is 5.97 Å². The highest BCUT2D eigenvalue weighted by atomic mass is 32.1. The van der Waals surface area contributed by atoms with E-state index in [0.717, 1.165) is 11.3 Å². The number of rotatable bonds is 5. The summed E-state index contributed by atoms with van der Waals surface area (Å²) in [6, 6.07) is 1.15. The van der Waals surface area contributed by atoms with Gasteiger partial charge in [-0.3, -0.25) is 15.0 Å². The van der Waals surface area contributed by atoms with Gasteiger partial charge in [0, 0.05) is 11.9 Å². The second-order valence-electron chi connectivity index (χ2n) is 4.88. The molecule has 1 atom stereocenters. The highest BCUT2D eigenvalue weighted by Gasteiger charge is 2.34. The smallest absolute Gasteiger partial charge is 0.341 e. The van der Waals surface area contributed by atoms with Crippen LogP contribution >= 0.6 is 11.3 Å². The van der Waals surface area contributed by atoms with Gasteiger partial charge in [0.2, 0.25) is 11.8 Å². The van der Waals surface area contributed by atoms with Crippen molar-refractivity contribution in [3.63, 3.8) is 0 Å². The first-order valence-corrected chi connectivity index (χ1v) is 7.90. The standard InChI is InChI=1S/C14H19N3O4S/c1-4-8-6-9(14(20)21-5-2)13(22-8)15-12(19)10-7-11(18)16-17(10)3/h6,10H,4-5,7H2,1-3H3,(H,15,19)(H,16,18). The number of esters is 1. The van der Waals surface area contributed by atoms with E-state index in [2.05, 4.69) is 10.7 Å². The van der Waals surface area contributed by atoms with E-state index in [0.29, 0.717) is 10.6 Å². The van der Waals surface area contributed by atoms with Crippen molar-refractivity contribution in [1.29, 1.82) is 0 Å². The van der Waals surface area contributed by atoms with Gasteiger partial charge in [-0.2, -0.15) is 0 Å². The van der Waals surface area contributed by atoms with Crippen LogP contribution in [0.4, 0.5) is 5.00 Å². The highest BCUT2D eigenvalue weighted by molar-refractivity contribution is 7.16. The van der Waals surface area contributed by atoms with Crippen molar-refractivity contribution in [3.05, 3.63) is 16.5 Å². The molecular weight excluding hydrogens is 306 g/mol. The summed E-state index contributed by atoms with van der Waals surface area (Å²) in [5, 5.41) is 4.68. The van der Waals surface area contributed by atoms with Crippen LogP contribution < -0.4 is 10.7 Å². The number of aryl methyl sites for hydroxylation is 1. The van der Waals surface area contributed by atoms with Gasteiger partial charge in [0.25, 0.3) is 0 Å². The van der Waals surface area contributed by atoms with Gasteiger partial charge in [-0.25, -0.2) is 9.80 Å². The SMILES string of the molecule is CCOC(=O)c1cc(CC)sc1NC(=O)C1CC(=O)NN1C. The zero-order valence-electron chi connectivity index (χ0n) is 12.8. The summed E-state index contributed by atoms with van der Waals surface area (Å²) in [5.41, 5.74) is 2.91. The zero-order chi connectivity index (χ0) is 16.3. The number of hydrazine groups is 1. The molecule has 2 N–H and O–H groups in total. The summed E-state index contributed by atoms with van der Waals surface area (Å²) >= 11 is 1.35. The number of ether oxygens (including phenoxy) is 1. The van der Waals surface area contributed by atoms with E-state index in [1.807, 2.05) is 6.92 Å². The summed E-state index contributed by atoms with van der Waals surface area (Å²) in [4.78, 5) is 36.6. The molecule has 8 heteroatoms. The third-order valence-corrected chi connectivity index (χ3v) is 4.51. The zero-order valence-corrected chi connectivity index (χ0v) is 13.6. The molecular formula is C14H19N3O4S. The van der Waals surface area contributed by atoms with Crippen molar-refractivity contribution < 1.29 is 19.1 Å². The van der Waals surface area contributed by atoms with Crippen LogP contribution in [0.5, 0.6) is 0 Å². The minimum absolute atomic E-state index is 0.100. The topological polar surface area (TPSA) is 87.7 Å². The molecule has 0 bridgehead atoms. The Bertz CT molecular complexity index is 599. The molecule has 0 radical (unpaired) electrons. The minimum atomic E-state index is -0.588. The number of carbonyl (C=O) groups excluding carboxylic acids is 3. The maximum Gasteiger partial charge on any atom is 0.341 e. The molecule has 1 fully saturated rings. The van der Waals surface area contributed by atoms with Crippen LogP contribution in [0.2, 0.25) is 0 Å². The highest BCUT2D eigenvalue weighted by Crippen LogP contribution is 2.30. The Balaban J connectivity index is 2.17. The van der Waals surface area contributed by atoms with Crippen molar-refractivity contribution in [2.45, 2.75) is 32.7 Å². The predicted octanol–water partition coefficient (Wildman–Crippen LogP) is 1.16. The minimum Gasteiger partial charge on any atom is -0.462 e. The number of hydrogen-bond acceptors (Lipinski definition) is 6. The molecule has 22 heavy (non-hydrogen) atoms. The third-order valence-electron chi connectivity index (χ3n) is 3.31. The summed E-state index contributed by atoms with van der Waals surface area (Å²) in [6.45, 7) is 3.97. The Kier molecular flexibility index (Phi) is 5.15. The Hall–Kier alpha value is -1.93. The molecule has 1 unspecified atom stereocenters. The lowest BCUT2D eigenvalue weighted by molar-refractivity contribution is -0.121. The van der Waals surface area contributed by atoms with Crippen LogP contribution in [-0.4, -0.2) is 42.5 Å². The third kappa shape index (κ3) is 3.45. The quantitative estimate of drug-likeness (QED) is 0.793. The maximum absolute atomic E-state index is 12.3. The number of hydrogen-bond donors (Lipinski definition) is 2. The number of anilines is 1. The molecule has 1 saturated heterocycles. The van der Waals surface area contributed by atoms with Crippen LogP contribution in [0.25, 0.3) is 0 Å². The molecule has 2 heterocycles.